The highest BCUT2D eigenvalue weighted by Gasteiger charge is 2.19. The van der Waals surface area contributed by atoms with Crippen molar-refractivity contribution in [3.05, 3.63) is 33.2 Å². The van der Waals surface area contributed by atoms with Crippen molar-refractivity contribution in [1.82, 2.24) is 15.5 Å². The number of hydrogen-bond donors (Lipinski definition) is 1. The Balaban J connectivity index is 1.60. The average Bonchev–Trinajstić information content (AvgIpc) is 3.13. The number of hydrogen-bond acceptors (Lipinski definition) is 4. The minimum Gasteiger partial charge on any atom is -0.314 e. The van der Waals surface area contributed by atoms with E-state index >= 15 is 0 Å². The molecule has 20 heavy (non-hydrogen) atoms. The molecule has 3 rings (SSSR count). The maximum absolute atomic E-state index is 4.32. The molecule has 0 saturated heterocycles. The zero-order valence-corrected chi connectivity index (χ0v) is 13.9. The number of halogens is 1. The van der Waals surface area contributed by atoms with Crippen LogP contribution in [0.5, 0.6) is 0 Å². The van der Waals surface area contributed by atoms with Crippen LogP contribution >= 0.6 is 27.3 Å². The summed E-state index contributed by atoms with van der Waals surface area (Å²) in [6, 6.07) is 7.14. The van der Waals surface area contributed by atoms with Crippen LogP contribution in [0.2, 0.25) is 0 Å². The first kappa shape index (κ1) is 14.2. The Morgan fingerprint density at radius 2 is 2.20 bits per heavy atom. The third-order valence-corrected chi connectivity index (χ3v) is 5.07. The molecule has 0 atom stereocenters. The maximum Gasteiger partial charge on any atom is 0.148 e. The second-order valence-electron chi connectivity index (χ2n) is 5.32. The van der Waals surface area contributed by atoms with E-state index in [2.05, 4.69) is 56.6 Å². The number of aromatic nitrogens is 2. The normalized spacial score (nSPS) is 14.7. The molecular weight excluding hydrogens is 334 g/mol. The van der Waals surface area contributed by atoms with E-state index < -0.39 is 0 Å². The van der Waals surface area contributed by atoms with Gasteiger partial charge in [0.15, 0.2) is 0 Å². The van der Waals surface area contributed by atoms with E-state index in [1.54, 1.807) is 11.3 Å². The Labute approximate surface area is 132 Å². The third-order valence-electron chi connectivity index (χ3n) is 3.40. The van der Waals surface area contributed by atoms with Gasteiger partial charge in [0.2, 0.25) is 0 Å². The quantitative estimate of drug-likeness (QED) is 0.800. The first-order valence-electron chi connectivity index (χ1n) is 7.04. The SMILES string of the molecule is Cc1ccc(-c2nnc(CCCNC3CC3)s2)c(Br)c1. The molecule has 0 aliphatic heterocycles. The van der Waals surface area contributed by atoms with Gasteiger partial charge in [-0.1, -0.05) is 39.4 Å². The van der Waals surface area contributed by atoms with Crippen LogP contribution in [0.4, 0.5) is 0 Å². The van der Waals surface area contributed by atoms with Crippen molar-refractivity contribution < 1.29 is 0 Å². The van der Waals surface area contributed by atoms with Crippen LogP contribution in [-0.4, -0.2) is 22.8 Å². The molecule has 0 amide bonds. The van der Waals surface area contributed by atoms with E-state index in [1.807, 2.05) is 0 Å². The van der Waals surface area contributed by atoms with Gasteiger partial charge in [-0.3, -0.25) is 0 Å². The number of benzene rings is 1. The van der Waals surface area contributed by atoms with Crippen LogP contribution < -0.4 is 5.32 Å². The summed E-state index contributed by atoms with van der Waals surface area (Å²) in [7, 11) is 0. The van der Waals surface area contributed by atoms with Crippen LogP contribution in [0.1, 0.15) is 29.8 Å². The average molecular weight is 352 g/mol. The molecule has 3 nitrogen and oxygen atoms in total. The molecule has 1 aromatic carbocycles. The van der Waals surface area contributed by atoms with Gasteiger partial charge in [-0.2, -0.15) is 0 Å². The van der Waals surface area contributed by atoms with Crippen molar-refractivity contribution >= 4 is 27.3 Å². The van der Waals surface area contributed by atoms with Gasteiger partial charge in [0, 0.05) is 22.5 Å². The second kappa shape index (κ2) is 6.33. The van der Waals surface area contributed by atoms with Crippen molar-refractivity contribution in [1.29, 1.82) is 0 Å². The Morgan fingerprint density at radius 1 is 1.35 bits per heavy atom. The topological polar surface area (TPSA) is 37.8 Å². The number of nitrogens with one attached hydrogen (secondary N) is 1. The summed E-state index contributed by atoms with van der Waals surface area (Å²) in [5.74, 6) is 0. The minimum atomic E-state index is 0.795. The molecule has 1 fully saturated rings. The fourth-order valence-electron chi connectivity index (χ4n) is 2.09. The Morgan fingerprint density at radius 3 is 2.95 bits per heavy atom. The lowest BCUT2D eigenvalue weighted by Gasteiger charge is -2.01. The molecule has 0 radical (unpaired) electrons. The highest BCUT2D eigenvalue weighted by atomic mass is 79.9. The molecule has 1 heterocycles. The molecule has 1 saturated carbocycles. The van der Waals surface area contributed by atoms with Gasteiger partial charge < -0.3 is 5.32 Å². The lowest BCUT2D eigenvalue weighted by atomic mass is 10.2. The second-order valence-corrected chi connectivity index (χ2v) is 7.23. The van der Waals surface area contributed by atoms with Gasteiger partial charge in [-0.15, -0.1) is 10.2 Å². The van der Waals surface area contributed by atoms with Gasteiger partial charge in [0.05, 0.1) is 0 Å². The summed E-state index contributed by atoms with van der Waals surface area (Å²) in [4.78, 5) is 0. The molecule has 2 aromatic rings. The summed E-state index contributed by atoms with van der Waals surface area (Å²) in [5.41, 5.74) is 2.38. The highest BCUT2D eigenvalue weighted by molar-refractivity contribution is 9.10. The predicted octanol–water partition coefficient (Wildman–Crippen LogP) is 3.96. The molecule has 1 aromatic heterocycles. The van der Waals surface area contributed by atoms with E-state index in [-0.39, 0.29) is 0 Å². The van der Waals surface area contributed by atoms with E-state index in [1.165, 1.54) is 18.4 Å². The fourth-order valence-corrected chi connectivity index (χ4v) is 3.82. The Kier molecular flexibility index (Phi) is 4.48. The van der Waals surface area contributed by atoms with Crippen LogP contribution in [0.15, 0.2) is 22.7 Å². The lowest BCUT2D eigenvalue weighted by Crippen LogP contribution is -2.17. The van der Waals surface area contributed by atoms with Crippen molar-refractivity contribution in [2.75, 3.05) is 6.54 Å². The maximum atomic E-state index is 4.32. The number of rotatable bonds is 6. The number of aryl methyl sites for hydroxylation is 2. The Hall–Kier alpha value is -0.780. The van der Waals surface area contributed by atoms with Crippen molar-refractivity contribution in [2.24, 2.45) is 0 Å². The van der Waals surface area contributed by atoms with E-state index in [9.17, 15) is 0 Å². The molecule has 0 bridgehead atoms. The molecule has 5 heteroatoms. The Bertz CT molecular complexity index is 593. The third kappa shape index (κ3) is 3.65. The van der Waals surface area contributed by atoms with Gasteiger partial charge in [-0.05, 0) is 44.4 Å². The van der Waals surface area contributed by atoms with Crippen molar-refractivity contribution in [2.45, 2.75) is 38.6 Å². The first-order valence-corrected chi connectivity index (χ1v) is 8.65. The number of nitrogens with zero attached hydrogens (tertiary/aromatic N) is 2. The zero-order valence-electron chi connectivity index (χ0n) is 11.5. The van der Waals surface area contributed by atoms with Gasteiger partial charge in [0.1, 0.15) is 10.0 Å². The molecule has 0 unspecified atom stereocenters. The molecule has 1 aliphatic rings. The molecule has 0 spiro atoms. The first-order chi connectivity index (χ1) is 9.72. The summed E-state index contributed by atoms with van der Waals surface area (Å²) in [6.45, 7) is 3.18. The summed E-state index contributed by atoms with van der Waals surface area (Å²) in [6.07, 6.45) is 4.86. The van der Waals surface area contributed by atoms with E-state index in [0.717, 1.165) is 45.5 Å². The van der Waals surface area contributed by atoms with Crippen LogP contribution in [0.25, 0.3) is 10.6 Å². The van der Waals surface area contributed by atoms with Gasteiger partial charge in [-0.25, -0.2) is 0 Å². The van der Waals surface area contributed by atoms with E-state index in [0.29, 0.717) is 0 Å². The van der Waals surface area contributed by atoms with Crippen molar-refractivity contribution in [3.63, 3.8) is 0 Å². The molecule has 106 valence electrons. The van der Waals surface area contributed by atoms with Gasteiger partial charge in [0.25, 0.3) is 0 Å². The van der Waals surface area contributed by atoms with Crippen LogP contribution in [0.3, 0.4) is 0 Å². The fraction of sp³-hybridized carbons (Fsp3) is 0.467. The largest absolute Gasteiger partial charge is 0.314 e. The predicted molar refractivity (Wildman–Crippen MR) is 87.1 cm³/mol. The summed E-state index contributed by atoms with van der Waals surface area (Å²) >= 11 is 5.31. The molecule has 1 aliphatic carbocycles. The standard InChI is InChI=1S/C15H18BrN3S/c1-10-4-7-12(13(16)9-10)15-19-18-14(20-15)3-2-8-17-11-5-6-11/h4,7,9,11,17H,2-3,5-6,8H2,1H3. The smallest absolute Gasteiger partial charge is 0.148 e. The van der Waals surface area contributed by atoms with Crippen LogP contribution in [0, 0.1) is 6.92 Å². The highest BCUT2D eigenvalue weighted by Crippen LogP contribution is 2.31. The molecule has 1 N–H and O–H groups in total. The lowest BCUT2D eigenvalue weighted by molar-refractivity contribution is 0.643. The monoisotopic (exact) mass is 351 g/mol. The summed E-state index contributed by atoms with van der Waals surface area (Å²) in [5, 5.41) is 14.3. The van der Waals surface area contributed by atoms with Gasteiger partial charge >= 0.3 is 0 Å². The molecular formula is C15H18BrN3S. The van der Waals surface area contributed by atoms with Crippen LogP contribution in [-0.2, 0) is 6.42 Å². The summed E-state index contributed by atoms with van der Waals surface area (Å²) < 4.78 is 1.09. The minimum absolute atomic E-state index is 0.795. The van der Waals surface area contributed by atoms with E-state index in [4.69, 9.17) is 0 Å². The van der Waals surface area contributed by atoms with Crippen molar-refractivity contribution in [3.8, 4) is 10.6 Å². The zero-order chi connectivity index (χ0) is 13.9.